The van der Waals surface area contributed by atoms with Gasteiger partial charge in [-0.05, 0) is 47.5 Å². The highest BCUT2D eigenvalue weighted by atomic mass is 15.2. The summed E-state index contributed by atoms with van der Waals surface area (Å²) < 4.78 is 4.43. The summed E-state index contributed by atoms with van der Waals surface area (Å²) in [5.41, 5.74) is 10.9. The summed E-state index contributed by atoms with van der Waals surface area (Å²) in [6, 6.07) is 51.7. The normalized spacial score (nSPS) is 11.8. The predicted octanol–water partition coefficient (Wildman–Crippen LogP) is 9.29. The fourth-order valence-corrected chi connectivity index (χ4v) is 6.64. The van der Waals surface area contributed by atoms with Gasteiger partial charge in [0.05, 0.1) is 27.6 Å². The van der Waals surface area contributed by atoms with Crippen LogP contribution in [0.15, 0.2) is 152 Å². The van der Waals surface area contributed by atoms with Gasteiger partial charge in [-0.15, -0.1) is 0 Å². The monoisotopic (exact) mass is 615 g/mol. The predicted molar refractivity (Wildman–Crippen MR) is 192 cm³/mol. The quantitative estimate of drug-likeness (QED) is 0.197. The fraction of sp³-hybridized carbons (Fsp3) is 0. The van der Waals surface area contributed by atoms with Crippen molar-refractivity contribution in [1.82, 2.24) is 33.7 Å². The number of hydrogen-bond donors (Lipinski definition) is 0. The lowest BCUT2D eigenvalue weighted by Crippen LogP contribution is -2.00. The van der Waals surface area contributed by atoms with Gasteiger partial charge < -0.3 is 0 Å². The molecule has 0 spiro atoms. The van der Waals surface area contributed by atoms with E-state index >= 15 is 0 Å². The lowest BCUT2D eigenvalue weighted by Gasteiger charge is -2.11. The van der Waals surface area contributed by atoms with Crippen molar-refractivity contribution in [2.45, 2.75) is 0 Å². The Kier molecular flexibility index (Phi) is 5.74. The van der Waals surface area contributed by atoms with E-state index in [0.717, 1.165) is 72.2 Å². The molecule has 4 aromatic heterocycles. The minimum absolute atomic E-state index is 0.633. The molecular formula is C41H25N7. The molecule has 0 unspecified atom stereocenters. The van der Waals surface area contributed by atoms with Crippen LogP contribution in [0.25, 0.3) is 89.7 Å². The first-order chi connectivity index (χ1) is 23.8. The topological polar surface area (TPSA) is 73.3 Å². The second-order valence-corrected chi connectivity index (χ2v) is 11.8. The summed E-state index contributed by atoms with van der Waals surface area (Å²) in [6.45, 7) is 0. The number of benzene rings is 6. The van der Waals surface area contributed by atoms with Gasteiger partial charge in [-0.3, -0.25) is 8.80 Å². The van der Waals surface area contributed by atoms with Crippen molar-refractivity contribution in [1.29, 1.82) is 0 Å². The first kappa shape index (κ1) is 26.5. The van der Waals surface area contributed by atoms with Gasteiger partial charge in [0.1, 0.15) is 5.65 Å². The fourth-order valence-electron chi connectivity index (χ4n) is 6.64. The summed E-state index contributed by atoms with van der Waals surface area (Å²) in [4.78, 5) is 24.8. The van der Waals surface area contributed by atoms with Gasteiger partial charge in [-0.1, -0.05) is 115 Å². The maximum Gasteiger partial charge on any atom is 0.221 e. The third-order valence-corrected chi connectivity index (χ3v) is 8.96. The van der Waals surface area contributed by atoms with E-state index in [9.17, 15) is 0 Å². The van der Waals surface area contributed by atoms with Crippen molar-refractivity contribution >= 4 is 44.4 Å². The van der Waals surface area contributed by atoms with Crippen LogP contribution in [0.2, 0.25) is 0 Å². The van der Waals surface area contributed by atoms with E-state index in [1.165, 1.54) is 0 Å². The van der Waals surface area contributed by atoms with Gasteiger partial charge in [-0.25, -0.2) is 24.9 Å². The summed E-state index contributed by atoms with van der Waals surface area (Å²) in [7, 11) is 0. The molecule has 6 aromatic carbocycles. The summed E-state index contributed by atoms with van der Waals surface area (Å²) in [5.74, 6) is 2.77. The van der Waals surface area contributed by atoms with Crippen LogP contribution in [0.4, 0.5) is 0 Å². The molecule has 0 bridgehead atoms. The molecule has 0 atom stereocenters. The largest absolute Gasteiger partial charge is 0.277 e. The molecule has 48 heavy (non-hydrogen) atoms. The van der Waals surface area contributed by atoms with Gasteiger partial charge in [0.25, 0.3) is 0 Å². The molecular weight excluding hydrogens is 591 g/mol. The molecule has 0 saturated carbocycles. The Hall–Kier alpha value is -6.73. The Morgan fingerprint density at radius 2 is 0.812 bits per heavy atom. The molecule has 0 radical (unpaired) electrons. The van der Waals surface area contributed by atoms with Gasteiger partial charge >= 0.3 is 0 Å². The summed E-state index contributed by atoms with van der Waals surface area (Å²) in [5, 5.41) is 1.06. The maximum absolute atomic E-state index is 5.09. The summed E-state index contributed by atoms with van der Waals surface area (Å²) in [6.07, 6.45) is 0. The van der Waals surface area contributed by atoms with Gasteiger partial charge in [0, 0.05) is 22.1 Å². The third kappa shape index (κ3) is 4.11. The van der Waals surface area contributed by atoms with Gasteiger partial charge in [0.15, 0.2) is 17.5 Å². The van der Waals surface area contributed by atoms with Gasteiger partial charge in [0.2, 0.25) is 5.78 Å². The minimum atomic E-state index is 0.633. The zero-order chi connectivity index (χ0) is 31.6. The number of fused-ring (bicyclic) bond motifs is 10. The standard InChI is InChI=1S/C41H25N7/c1-3-11-27(12-4-1)37-44-38(28-13-5-2-6-14-28)46-39(45-37)29-21-19-26(20-22-29)30-23-24-31-36(25-30)47-34-17-9-8-16-33(34)43-41(47)48-35-18-10-7-15-32(35)42-40(31)48/h1-25H. The lowest BCUT2D eigenvalue weighted by molar-refractivity contribution is 1.07. The molecule has 7 heteroatoms. The van der Waals surface area contributed by atoms with Crippen LogP contribution in [0.5, 0.6) is 0 Å². The smallest absolute Gasteiger partial charge is 0.221 e. The zero-order valence-corrected chi connectivity index (χ0v) is 25.6. The van der Waals surface area contributed by atoms with Crippen LogP contribution in [-0.4, -0.2) is 33.7 Å². The average Bonchev–Trinajstić information content (AvgIpc) is 3.75. The van der Waals surface area contributed by atoms with Crippen molar-refractivity contribution in [3.05, 3.63) is 152 Å². The SMILES string of the molecule is c1ccc(-c2nc(-c3ccccc3)nc(-c3ccc(-c4ccc5c(c4)n4c6ccccc6nc4n4c6ccccc6nc54)cc3)n2)cc1. The van der Waals surface area contributed by atoms with E-state index in [1.807, 2.05) is 72.8 Å². The first-order valence-corrected chi connectivity index (χ1v) is 15.9. The third-order valence-electron chi connectivity index (χ3n) is 8.96. The van der Waals surface area contributed by atoms with E-state index in [-0.39, 0.29) is 0 Å². The van der Waals surface area contributed by atoms with E-state index in [0.29, 0.717) is 17.5 Å². The van der Waals surface area contributed by atoms with Crippen molar-refractivity contribution in [2.24, 2.45) is 0 Å². The van der Waals surface area contributed by atoms with Crippen LogP contribution in [0.1, 0.15) is 0 Å². The highest BCUT2D eigenvalue weighted by molar-refractivity contribution is 6.02. The molecule has 0 amide bonds. The Morgan fingerprint density at radius 3 is 1.44 bits per heavy atom. The van der Waals surface area contributed by atoms with Crippen LogP contribution < -0.4 is 0 Å². The molecule has 0 saturated heterocycles. The number of imidazole rings is 2. The van der Waals surface area contributed by atoms with Crippen molar-refractivity contribution in [3.63, 3.8) is 0 Å². The molecule has 10 aromatic rings. The van der Waals surface area contributed by atoms with Crippen LogP contribution >= 0.6 is 0 Å². The van der Waals surface area contributed by atoms with E-state index in [1.54, 1.807) is 0 Å². The Labute approximate surface area is 274 Å². The zero-order valence-electron chi connectivity index (χ0n) is 25.6. The summed E-state index contributed by atoms with van der Waals surface area (Å²) >= 11 is 0. The molecule has 0 N–H and O–H groups in total. The molecule has 4 heterocycles. The minimum Gasteiger partial charge on any atom is -0.277 e. The lowest BCUT2D eigenvalue weighted by atomic mass is 10.0. The Balaban J connectivity index is 1.13. The number of hydrogen-bond acceptors (Lipinski definition) is 5. The molecule has 7 nitrogen and oxygen atoms in total. The van der Waals surface area contributed by atoms with Crippen LogP contribution in [-0.2, 0) is 0 Å². The molecule has 0 aliphatic heterocycles. The van der Waals surface area contributed by atoms with Crippen LogP contribution in [0.3, 0.4) is 0 Å². The Morgan fingerprint density at radius 1 is 0.333 bits per heavy atom. The van der Waals surface area contributed by atoms with Crippen molar-refractivity contribution in [3.8, 4) is 45.3 Å². The number of nitrogens with zero attached hydrogens (tertiary/aromatic N) is 7. The highest BCUT2D eigenvalue weighted by Gasteiger charge is 2.18. The second-order valence-electron chi connectivity index (χ2n) is 11.8. The first-order valence-electron chi connectivity index (χ1n) is 15.9. The highest BCUT2D eigenvalue weighted by Crippen LogP contribution is 2.34. The van der Waals surface area contributed by atoms with Gasteiger partial charge in [-0.2, -0.15) is 0 Å². The molecule has 224 valence electrons. The molecule has 10 rings (SSSR count). The number of para-hydroxylation sites is 4. The molecule has 0 fully saturated rings. The van der Waals surface area contributed by atoms with Crippen LogP contribution in [0, 0.1) is 0 Å². The van der Waals surface area contributed by atoms with E-state index in [2.05, 4.69) is 87.7 Å². The maximum atomic E-state index is 5.09. The molecule has 0 aliphatic rings. The Bertz CT molecular complexity index is 2760. The van der Waals surface area contributed by atoms with Crippen molar-refractivity contribution in [2.75, 3.05) is 0 Å². The van der Waals surface area contributed by atoms with E-state index in [4.69, 9.17) is 24.9 Å². The average molecular weight is 616 g/mol. The molecule has 0 aliphatic carbocycles. The van der Waals surface area contributed by atoms with E-state index < -0.39 is 0 Å². The number of rotatable bonds is 4. The number of aromatic nitrogens is 7. The van der Waals surface area contributed by atoms with Crippen molar-refractivity contribution < 1.29 is 0 Å². The second kappa shape index (κ2) is 10.4.